The number of thiazole rings is 1. The van der Waals surface area contributed by atoms with E-state index in [1.807, 2.05) is 6.92 Å². The van der Waals surface area contributed by atoms with E-state index in [1.165, 1.54) is 28.0 Å². The maximum absolute atomic E-state index is 11.0. The number of fused-ring (bicyclic) bond motifs is 1. The number of nitrogens with zero attached hydrogens (tertiary/aromatic N) is 5. The Bertz CT molecular complexity index is 989. The Morgan fingerprint density at radius 1 is 1.32 bits per heavy atom. The molecule has 1 aromatic carbocycles. The third kappa shape index (κ3) is 3.35. The molecular weight excluding hydrogens is 378 g/mol. The molecule has 0 spiro atoms. The molecule has 28 heavy (non-hydrogen) atoms. The number of nitro groups is 1. The van der Waals surface area contributed by atoms with Crippen molar-refractivity contribution in [2.45, 2.75) is 39.2 Å². The van der Waals surface area contributed by atoms with Crippen LogP contribution in [0, 0.1) is 16.0 Å². The first-order valence-electron chi connectivity index (χ1n) is 9.53. The predicted octanol–water partition coefficient (Wildman–Crippen LogP) is 3.79. The number of aromatic nitrogens is 3. The number of benzene rings is 1. The monoisotopic (exact) mass is 401 g/mol. The molecule has 148 valence electrons. The molecule has 0 saturated carbocycles. The lowest BCUT2D eigenvalue weighted by atomic mass is 9.95. The maximum Gasteiger partial charge on any atom is 0.269 e. The van der Waals surface area contributed by atoms with Crippen LogP contribution in [0.25, 0.3) is 4.96 Å². The van der Waals surface area contributed by atoms with Gasteiger partial charge in [0.1, 0.15) is 0 Å². The van der Waals surface area contributed by atoms with Gasteiger partial charge in [0.2, 0.25) is 10.8 Å². The molecule has 0 radical (unpaired) electrons. The molecule has 1 saturated heterocycles. The first-order chi connectivity index (χ1) is 13.5. The number of aryl methyl sites for hydroxylation is 1. The molecule has 1 atom stereocenters. The lowest BCUT2D eigenvalue weighted by molar-refractivity contribution is -0.384. The highest BCUT2D eigenvalue weighted by Crippen LogP contribution is 2.41. The van der Waals surface area contributed by atoms with E-state index in [1.54, 1.807) is 12.1 Å². The van der Waals surface area contributed by atoms with Crippen molar-refractivity contribution in [1.29, 1.82) is 0 Å². The van der Waals surface area contributed by atoms with E-state index < -0.39 is 4.92 Å². The highest BCUT2D eigenvalue weighted by atomic mass is 32.1. The SMILES string of the molecule is CCc1nc2sc(C(c3ccc([N+](=O)[O-])cc3)N3CCC(C)CC3)c(O)n2n1. The Labute approximate surface area is 166 Å². The van der Waals surface area contributed by atoms with Gasteiger partial charge in [-0.3, -0.25) is 15.0 Å². The number of hydrogen-bond donors (Lipinski definition) is 1. The van der Waals surface area contributed by atoms with Gasteiger partial charge in [-0.05, 0) is 37.4 Å². The fourth-order valence-electron chi connectivity index (χ4n) is 3.71. The van der Waals surface area contributed by atoms with Gasteiger partial charge in [0.15, 0.2) is 5.82 Å². The molecule has 0 amide bonds. The summed E-state index contributed by atoms with van der Waals surface area (Å²) >= 11 is 1.43. The second kappa shape index (κ2) is 7.48. The van der Waals surface area contributed by atoms with Crippen molar-refractivity contribution in [3.8, 4) is 5.88 Å². The summed E-state index contributed by atoms with van der Waals surface area (Å²) in [6.07, 6.45) is 2.88. The number of non-ortho nitro benzene ring substituents is 1. The third-order valence-corrected chi connectivity index (χ3v) is 6.48. The zero-order valence-electron chi connectivity index (χ0n) is 15.9. The average molecular weight is 401 g/mol. The molecule has 0 bridgehead atoms. The molecule has 1 fully saturated rings. The topological polar surface area (TPSA) is 96.8 Å². The summed E-state index contributed by atoms with van der Waals surface area (Å²) < 4.78 is 1.50. The van der Waals surface area contributed by atoms with Crippen LogP contribution in [0.15, 0.2) is 24.3 Å². The molecule has 2 aromatic heterocycles. The van der Waals surface area contributed by atoms with Gasteiger partial charge in [-0.1, -0.05) is 37.3 Å². The summed E-state index contributed by atoms with van der Waals surface area (Å²) in [5.41, 5.74) is 0.991. The van der Waals surface area contributed by atoms with Gasteiger partial charge in [0.25, 0.3) is 5.69 Å². The van der Waals surface area contributed by atoms with Crippen molar-refractivity contribution in [3.63, 3.8) is 0 Å². The lowest BCUT2D eigenvalue weighted by Crippen LogP contribution is -2.36. The molecule has 1 aliphatic rings. The molecule has 1 N–H and O–H groups in total. The van der Waals surface area contributed by atoms with Gasteiger partial charge in [-0.25, -0.2) is 4.98 Å². The van der Waals surface area contributed by atoms with Crippen LogP contribution in [-0.4, -0.2) is 42.6 Å². The van der Waals surface area contributed by atoms with Gasteiger partial charge in [-0.2, -0.15) is 4.52 Å². The van der Waals surface area contributed by atoms with Crippen molar-refractivity contribution in [1.82, 2.24) is 19.5 Å². The predicted molar refractivity (Wildman–Crippen MR) is 107 cm³/mol. The molecule has 4 rings (SSSR count). The van der Waals surface area contributed by atoms with Crippen molar-refractivity contribution in [2.24, 2.45) is 5.92 Å². The Kier molecular flexibility index (Phi) is 5.03. The summed E-state index contributed by atoms with van der Waals surface area (Å²) in [4.78, 5) is 18.9. The van der Waals surface area contributed by atoms with Gasteiger partial charge in [0.05, 0.1) is 15.8 Å². The standard InChI is InChI=1S/C19H23N5O3S/c1-3-15-20-19-23(21-15)18(25)17(28-19)16(22-10-8-12(2)9-11-22)13-4-6-14(7-5-13)24(26)27/h4-7,12,16,25H,3,8-11H2,1-2H3. The Balaban J connectivity index is 1.77. The van der Waals surface area contributed by atoms with E-state index in [9.17, 15) is 15.2 Å². The molecule has 3 aromatic rings. The maximum atomic E-state index is 11.0. The minimum atomic E-state index is -0.395. The fraction of sp³-hybridized carbons (Fsp3) is 0.474. The first-order valence-corrected chi connectivity index (χ1v) is 10.3. The van der Waals surface area contributed by atoms with Crippen molar-refractivity contribution in [2.75, 3.05) is 13.1 Å². The second-order valence-corrected chi connectivity index (χ2v) is 8.34. The van der Waals surface area contributed by atoms with Crippen LogP contribution < -0.4 is 0 Å². The number of rotatable bonds is 5. The number of nitro benzene ring substituents is 1. The van der Waals surface area contributed by atoms with Crippen LogP contribution in [0.4, 0.5) is 5.69 Å². The van der Waals surface area contributed by atoms with Gasteiger partial charge < -0.3 is 5.11 Å². The highest BCUT2D eigenvalue weighted by Gasteiger charge is 2.31. The summed E-state index contributed by atoms with van der Waals surface area (Å²) in [5.74, 6) is 1.48. The molecular formula is C19H23N5O3S. The van der Waals surface area contributed by atoms with Gasteiger partial charge >= 0.3 is 0 Å². The molecule has 1 unspecified atom stereocenters. The smallest absolute Gasteiger partial charge is 0.269 e. The van der Waals surface area contributed by atoms with Crippen LogP contribution in [0.2, 0.25) is 0 Å². The minimum absolute atomic E-state index is 0.0641. The zero-order valence-corrected chi connectivity index (χ0v) is 16.7. The van der Waals surface area contributed by atoms with Crippen molar-refractivity contribution >= 4 is 22.0 Å². The summed E-state index contributed by atoms with van der Waals surface area (Å²) in [5, 5.41) is 26.3. The molecule has 9 heteroatoms. The van der Waals surface area contributed by atoms with Crippen LogP contribution in [-0.2, 0) is 6.42 Å². The van der Waals surface area contributed by atoms with Crippen molar-refractivity contribution < 1.29 is 10.0 Å². The van der Waals surface area contributed by atoms with E-state index in [0.29, 0.717) is 23.1 Å². The Morgan fingerprint density at radius 3 is 2.57 bits per heavy atom. The van der Waals surface area contributed by atoms with Crippen LogP contribution in [0.5, 0.6) is 5.88 Å². The summed E-state index contributed by atoms with van der Waals surface area (Å²) in [6.45, 7) is 6.06. The number of likely N-dealkylation sites (tertiary alicyclic amines) is 1. The number of aromatic hydroxyl groups is 1. The van der Waals surface area contributed by atoms with Crippen molar-refractivity contribution in [3.05, 3.63) is 50.6 Å². The first kappa shape index (κ1) is 18.8. The van der Waals surface area contributed by atoms with E-state index in [-0.39, 0.29) is 17.6 Å². The normalized spacial score (nSPS) is 17.2. The third-order valence-electron chi connectivity index (χ3n) is 5.41. The van der Waals surface area contributed by atoms with Crippen LogP contribution in [0.1, 0.15) is 49.0 Å². The summed E-state index contributed by atoms with van der Waals surface area (Å²) in [7, 11) is 0. The molecule has 1 aliphatic heterocycles. The minimum Gasteiger partial charge on any atom is -0.492 e. The molecule has 3 heterocycles. The second-order valence-electron chi connectivity index (χ2n) is 7.34. The van der Waals surface area contributed by atoms with Crippen LogP contribution in [0.3, 0.4) is 0 Å². The molecule has 0 aliphatic carbocycles. The molecule has 8 nitrogen and oxygen atoms in total. The Hall–Kier alpha value is -2.52. The number of piperidine rings is 1. The van der Waals surface area contributed by atoms with E-state index in [2.05, 4.69) is 21.9 Å². The lowest BCUT2D eigenvalue weighted by Gasteiger charge is -2.36. The highest BCUT2D eigenvalue weighted by molar-refractivity contribution is 7.17. The van der Waals surface area contributed by atoms with E-state index >= 15 is 0 Å². The average Bonchev–Trinajstić information content (AvgIpc) is 3.23. The number of hydrogen-bond acceptors (Lipinski definition) is 7. The largest absolute Gasteiger partial charge is 0.492 e. The Morgan fingerprint density at radius 2 is 2.00 bits per heavy atom. The van der Waals surface area contributed by atoms with E-state index in [0.717, 1.165) is 36.4 Å². The fourth-order valence-corrected chi connectivity index (χ4v) is 4.85. The zero-order chi connectivity index (χ0) is 19.8. The summed E-state index contributed by atoms with van der Waals surface area (Å²) in [6, 6.07) is 6.45. The van der Waals surface area contributed by atoms with Gasteiger partial charge in [-0.15, -0.1) is 5.10 Å². The van der Waals surface area contributed by atoms with Crippen LogP contribution >= 0.6 is 11.3 Å². The van der Waals surface area contributed by atoms with Gasteiger partial charge in [0, 0.05) is 18.6 Å². The quantitative estimate of drug-likeness (QED) is 0.516. The van der Waals surface area contributed by atoms with E-state index in [4.69, 9.17) is 0 Å².